The molecule has 1 aliphatic rings. The maximum absolute atomic E-state index is 9.19. The van der Waals surface area contributed by atoms with E-state index >= 15 is 0 Å². The maximum atomic E-state index is 9.19. The molecule has 14 heavy (non-hydrogen) atoms. The summed E-state index contributed by atoms with van der Waals surface area (Å²) in [6.45, 7) is -0.221. The van der Waals surface area contributed by atoms with Gasteiger partial charge < -0.3 is 20.4 Å². The fraction of sp³-hybridized carbons (Fsp3) is 0.714. The van der Waals surface area contributed by atoms with E-state index in [1.807, 2.05) is 0 Å². The molecule has 0 bridgehead atoms. The Morgan fingerprint density at radius 1 is 0.929 bits per heavy atom. The van der Waals surface area contributed by atoms with E-state index in [1.165, 1.54) is 12.2 Å². The van der Waals surface area contributed by atoms with E-state index in [0.29, 0.717) is 0 Å². The van der Waals surface area contributed by atoms with Crippen LogP contribution < -0.4 is 0 Å². The Bertz CT molecular complexity index is 170. The van der Waals surface area contributed by atoms with E-state index in [9.17, 15) is 5.11 Å². The third-order valence-corrected chi connectivity index (χ3v) is 1.90. The molecule has 4 nitrogen and oxygen atoms in total. The predicted molar refractivity (Wildman–Crippen MR) is 37.7 cm³/mol. The topological polar surface area (TPSA) is 80.9 Å². The summed E-state index contributed by atoms with van der Waals surface area (Å²) in [6, 6.07) is 0. The first kappa shape index (κ1) is 20.9. The van der Waals surface area contributed by atoms with Crippen molar-refractivity contribution in [3.63, 3.8) is 0 Å². The van der Waals surface area contributed by atoms with Crippen molar-refractivity contribution in [3.8, 4) is 0 Å². The second kappa shape index (κ2) is 9.74. The summed E-state index contributed by atoms with van der Waals surface area (Å²) in [4.78, 5) is 0. The van der Waals surface area contributed by atoms with Crippen molar-refractivity contribution in [1.29, 1.82) is 0 Å². The van der Waals surface area contributed by atoms with Crippen molar-refractivity contribution in [2.75, 3.05) is 6.61 Å². The third-order valence-electron chi connectivity index (χ3n) is 1.90. The summed E-state index contributed by atoms with van der Waals surface area (Å²) in [6.07, 6.45) is -0.398. The minimum Gasteiger partial charge on any atom is -0.396 e. The van der Waals surface area contributed by atoms with Gasteiger partial charge in [0.15, 0.2) is 0 Å². The average Bonchev–Trinajstić information content (AvgIpc) is 2.01. The molecular formula is C7H12O4VW2. The second-order valence-corrected chi connectivity index (χ2v) is 2.70. The minimum absolute atomic E-state index is 0. The SMILES string of the molecule is OCC1C=C[C@H](O)C(O)C1O.[V].[W].[W]. The zero-order chi connectivity index (χ0) is 8.43. The zero-order valence-electron chi connectivity index (χ0n) is 7.22. The molecule has 4 N–H and O–H groups in total. The first-order valence-electron chi connectivity index (χ1n) is 3.50. The molecule has 0 amide bonds. The van der Waals surface area contributed by atoms with Crippen LogP contribution in [-0.4, -0.2) is 45.3 Å². The van der Waals surface area contributed by atoms with Crippen LogP contribution in [0.2, 0.25) is 0 Å². The van der Waals surface area contributed by atoms with Gasteiger partial charge in [-0.3, -0.25) is 0 Å². The normalized spacial score (nSPS) is 34.9. The van der Waals surface area contributed by atoms with Crippen LogP contribution in [-0.2, 0) is 60.7 Å². The standard InChI is InChI=1S/C7H12O4.V.2W/c8-3-4-1-2-5(9)7(11)6(4)10;;;/h1-2,4-11H,3H2;;;/t4?,5-,6?,7?;;;/m0.../s1. The van der Waals surface area contributed by atoms with Crippen LogP contribution in [0.15, 0.2) is 12.2 Å². The van der Waals surface area contributed by atoms with E-state index < -0.39 is 24.2 Å². The van der Waals surface area contributed by atoms with Gasteiger partial charge in [0.1, 0.15) is 12.2 Å². The van der Waals surface area contributed by atoms with Crippen molar-refractivity contribution in [2.45, 2.75) is 18.3 Å². The molecule has 1 rings (SSSR count). The molecule has 0 heterocycles. The Morgan fingerprint density at radius 3 is 1.86 bits per heavy atom. The van der Waals surface area contributed by atoms with E-state index in [-0.39, 0.29) is 67.3 Å². The summed E-state index contributed by atoms with van der Waals surface area (Å²) in [5, 5.41) is 35.9. The summed E-state index contributed by atoms with van der Waals surface area (Å²) >= 11 is 0. The largest absolute Gasteiger partial charge is 0.396 e. The van der Waals surface area contributed by atoms with Crippen LogP contribution in [0.1, 0.15) is 0 Å². The van der Waals surface area contributed by atoms with Crippen molar-refractivity contribution in [1.82, 2.24) is 0 Å². The molecule has 0 fully saturated rings. The molecule has 4 atom stereocenters. The molecule has 3 unspecified atom stereocenters. The molecule has 0 aliphatic heterocycles. The summed E-state index contributed by atoms with van der Waals surface area (Å²) in [5.74, 6) is -0.464. The molecule has 0 aromatic carbocycles. The van der Waals surface area contributed by atoms with Crippen LogP contribution in [0.4, 0.5) is 0 Å². The molecule has 0 spiro atoms. The average molecular weight is 579 g/mol. The Kier molecular flexibility index (Phi) is 14.5. The predicted octanol–water partition coefficient (Wildman–Crippen LogP) is -1.76. The van der Waals surface area contributed by atoms with Crippen molar-refractivity contribution < 1.29 is 81.1 Å². The van der Waals surface area contributed by atoms with Crippen LogP contribution in [0.5, 0.6) is 0 Å². The monoisotopic (exact) mass is 579 g/mol. The summed E-state index contributed by atoms with van der Waals surface area (Å²) in [7, 11) is 0. The van der Waals surface area contributed by atoms with Gasteiger partial charge in [0.05, 0.1) is 12.7 Å². The second-order valence-electron chi connectivity index (χ2n) is 2.70. The van der Waals surface area contributed by atoms with Crippen LogP contribution >= 0.6 is 0 Å². The Hall–Kier alpha value is 1.54. The first-order valence-corrected chi connectivity index (χ1v) is 3.50. The zero-order valence-corrected chi connectivity index (χ0v) is 14.5. The summed E-state index contributed by atoms with van der Waals surface area (Å²) in [5.41, 5.74) is 0. The van der Waals surface area contributed by atoms with E-state index in [2.05, 4.69) is 0 Å². The van der Waals surface area contributed by atoms with Gasteiger partial charge in [-0.15, -0.1) is 0 Å². The van der Waals surface area contributed by atoms with Gasteiger partial charge >= 0.3 is 0 Å². The molecule has 1 radical (unpaired) electrons. The smallest absolute Gasteiger partial charge is 0.110 e. The van der Waals surface area contributed by atoms with Gasteiger partial charge in [-0.25, -0.2) is 0 Å². The van der Waals surface area contributed by atoms with Gasteiger partial charge in [-0.1, -0.05) is 12.2 Å². The van der Waals surface area contributed by atoms with Crippen molar-refractivity contribution in [2.24, 2.45) is 5.92 Å². The Balaban J connectivity index is -0.000000403. The van der Waals surface area contributed by atoms with E-state index in [1.54, 1.807) is 0 Å². The molecule has 0 saturated heterocycles. The third kappa shape index (κ3) is 5.05. The van der Waals surface area contributed by atoms with E-state index in [0.717, 1.165) is 0 Å². The quantitative estimate of drug-likeness (QED) is 0.278. The van der Waals surface area contributed by atoms with Crippen LogP contribution in [0.25, 0.3) is 0 Å². The molecule has 1 aliphatic carbocycles. The van der Waals surface area contributed by atoms with Crippen molar-refractivity contribution >= 4 is 0 Å². The molecule has 0 saturated carbocycles. The molecule has 81 valence electrons. The van der Waals surface area contributed by atoms with Crippen molar-refractivity contribution in [3.05, 3.63) is 12.2 Å². The Labute approximate surface area is 123 Å². The number of aliphatic hydroxyl groups excluding tert-OH is 4. The summed E-state index contributed by atoms with van der Waals surface area (Å²) < 4.78 is 0. The van der Waals surface area contributed by atoms with Gasteiger partial charge in [0, 0.05) is 66.6 Å². The molecule has 7 heteroatoms. The van der Waals surface area contributed by atoms with Crippen LogP contribution in [0.3, 0.4) is 0 Å². The fourth-order valence-corrected chi connectivity index (χ4v) is 1.11. The number of aliphatic hydroxyl groups is 4. The number of hydrogen-bond donors (Lipinski definition) is 4. The molecule has 0 aromatic rings. The van der Waals surface area contributed by atoms with Gasteiger partial charge in [0.2, 0.25) is 0 Å². The van der Waals surface area contributed by atoms with Gasteiger partial charge in [0.25, 0.3) is 0 Å². The maximum Gasteiger partial charge on any atom is 0.110 e. The number of rotatable bonds is 1. The minimum atomic E-state index is -1.18. The molecular weight excluding hydrogens is 567 g/mol. The fourth-order valence-electron chi connectivity index (χ4n) is 1.11. The van der Waals surface area contributed by atoms with Crippen LogP contribution in [0, 0.1) is 5.92 Å². The van der Waals surface area contributed by atoms with Gasteiger partial charge in [-0.2, -0.15) is 0 Å². The first-order chi connectivity index (χ1) is 5.16. The number of hydrogen-bond acceptors (Lipinski definition) is 4. The molecule has 0 aromatic heterocycles. The Morgan fingerprint density at radius 2 is 1.43 bits per heavy atom. The van der Waals surface area contributed by atoms with Gasteiger partial charge in [-0.05, 0) is 0 Å². The van der Waals surface area contributed by atoms with E-state index in [4.69, 9.17) is 15.3 Å².